The molecule has 0 bridgehead atoms. The number of alkyl carbamates (subject to hydrolysis) is 1. The quantitative estimate of drug-likeness (QED) is 0.714. The van der Waals surface area contributed by atoms with Crippen LogP contribution in [-0.2, 0) is 10.5 Å². The van der Waals surface area contributed by atoms with Gasteiger partial charge in [0.15, 0.2) is 0 Å². The number of nitrogens with zero attached hydrogens (tertiary/aromatic N) is 2. The molecule has 0 spiro atoms. The zero-order valence-corrected chi connectivity index (χ0v) is 16.4. The molecule has 8 heteroatoms. The van der Waals surface area contributed by atoms with Crippen LogP contribution >= 0.6 is 27.7 Å². The Kier molecular flexibility index (Phi) is 6.28. The molecule has 0 radical (unpaired) electrons. The summed E-state index contributed by atoms with van der Waals surface area (Å²) in [6.07, 6.45) is -0.516. The summed E-state index contributed by atoms with van der Waals surface area (Å²) in [6.45, 7) is 7.18. The van der Waals surface area contributed by atoms with Gasteiger partial charge in [0.25, 0.3) is 5.22 Å². The number of carbonyl (C=O) groups is 1. The molecule has 1 aromatic heterocycles. The Labute approximate surface area is 153 Å². The molecule has 1 heterocycles. The lowest BCUT2D eigenvalue weighted by Crippen LogP contribution is -2.34. The predicted molar refractivity (Wildman–Crippen MR) is 95.8 cm³/mol. The first-order chi connectivity index (χ1) is 11.2. The summed E-state index contributed by atoms with van der Waals surface area (Å²) in [4.78, 5) is 11.8. The van der Waals surface area contributed by atoms with Crippen molar-refractivity contribution in [3.8, 4) is 0 Å². The van der Waals surface area contributed by atoms with Crippen molar-refractivity contribution in [3.63, 3.8) is 0 Å². The van der Waals surface area contributed by atoms with E-state index in [1.165, 1.54) is 11.8 Å². The van der Waals surface area contributed by atoms with Crippen molar-refractivity contribution in [2.24, 2.45) is 0 Å². The van der Waals surface area contributed by atoms with Crippen molar-refractivity contribution in [2.75, 3.05) is 0 Å². The monoisotopic (exact) mass is 413 g/mol. The van der Waals surface area contributed by atoms with Gasteiger partial charge >= 0.3 is 6.09 Å². The minimum absolute atomic E-state index is 0.346. The maximum Gasteiger partial charge on any atom is 0.408 e. The molecule has 130 valence electrons. The van der Waals surface area contributed by atoms with Crippen molar-refractivity contribution < 1.29 is 13.9 Å². The molecule has 1 amide bonds. The summed E-state index contributed by atoms with van der Waals surface area (Å²) in [5.74, 6) is 1.07. The van der Waals surface area contributed by atoms with Gasteiger partial charge in [-0.2, -0.15) is 0 Å². The van der Waals surface area contributed by atoms with E-state index in [0.29, 0.717) is 11.1 Å². The van der Waals surface area contributed by atoms with Gasteiger partial charge in [-0.3, -0.25) is 0 Å². The van der Waals surface area contributed by atoms with Gasteiger partial charge in [-0.25, -0.2) is 4.79 Å². The highest BCUT2D eigenvalue weighted by Gasteiger charge is 2.21. The number of hydrogen-bond donors (Lipinski definition) is 1. The highest BCUT2D eigenvalue weighted by Crippen LogP contribution is 2.24. The fourth-order valence-corrected chi connectivity index (χ4v) is 2.72. The number of aromatic nitrogens is 2. The lowest BCUT2D eigenvalue weighted by Gasteiger charge is -2.20. The minimum atomic E-state index is -0.551. The Morgan fingerprint density at radius 1 is 1.33 bits per heavy atom. The zero-order valence-electron chi connectivity index (χ0n) is 14.0. The Morgan fingerprint density at radius 3 is 2.62 bits per heavy atom. The number of thioether (sulfide) groups is 1. The summed E-state index contributed by atoms with van der Waals surface area (Å²) >= 11 is 4.85. The van der Waals surface area contributed by atoms with Gasteiger partial charge in [0.1, 0.15) is 11.6 Å². The fourth-order valence-electron chi connectivity index (χ4n) is 1.73. The number of halogens is 1. The molecule has 24 heavy (non-hydrogen) atoms. The normalized spacial score (nSPS) is 12.7. The van der Waals surface area contributed by atoms with Gasteiger partial charge in [-0.15, -0.1) is 10.2 Å². The van der Waals surface area contributed by atoms with E-state index in [1.807, 2.05) is 24.3 Å². The van der Waals surface area contributed by atoms with Gasteiger partial charge in [-0.1, -0.05) is 39.8 Å². The summed E-state index contributed by atoms with van der Waals surface area (Å²) < 4.78 is 11.8. The number of rotatable bonds is 5. The van der Waals surface area contributed by atoms with E-state index in [9.17, 15) is 4.79 Å². The molecule has 0 unspecified atom stereocenters. The molecule has 0 aliphatic carbocycles. The van der Waals surface area contributed by atoms with E-state index >= 15 is 0 Å². The van der Waals surface area contributed by atoms with Gasteiger partial charge in [-0.05, 0) is 45.4 Å². The van der Waals surface area contributed by atoms with Crippen LogP contribution in [0.25, 0.3) is 0 Å². The molecule has 2 rings (SSSR count). The number of carbonyl (C=O) groups excluding carboxylic acids is 1. The van der Waals surface area contributed by atoms with Crippen molar-refractivity contribution in [3.05, 3.63) is 40.2 Å². The van der Waals surface area contributed by atoms with E-state index < -0.39 is 17.7 Å². The van der Waals surface area contributed by atoms with Crippen LogP contribution in [0, 0.1) is 0 Å². The lowest BCUT2D eigenvalue weighted by atomic mass is 10.2. The highest BCUT2D eigenvalue weighted by atomic mass is 79.9. The third-order valence-corrected chi connectivity index (χ3v) is 4.22. The van der Waals surface area contributed by atoms with Gasteiger partial charge in [0, 0.05) is 10.2 Å². The Bertz CT molecular complexity index is 683. The molecule has 0 saturated carbocycles. The molecule has 2 aromatic rings. The molecule has 0 aliphatic rings. The van der Waals surface area contributed by atoms with Crippen LogP contribution in [0.4, 0.5) is 4.79 Å². The number of ether oxygens (including phenoxy) is 1. The van der Waals surface area contributed by atoms with Crippen LogP contribution in [0.5, 0.6) is 0 Å². The van der Waals surface area contributed by atoms with Crippen molar-refractivity contribution in [2.45, 2.75) is 50.3 Å². The number of hydrogen-bond acceptors (Lipinski definition) is 6. The van der Waals surface area contributed by atoms with Crippen LogP contribution < -0.4 is 5.32 Å². The maximum absolute atomic E-state index is 11.8. The fraction of sp³-hybridized carbons (Fsp3) is 0.438. The minimum Gasteiger partial charge on any atom is -0.444 e. The Hall–Kier alpha value is -1.54. The number of amides is 1. The summed E-state index contributed by atoms with van der Waals surface area (Å²) in [6, 6.07) is 7.61. The first-order valence-electron chi connectivity index (χ1n) is 7.43. The SMILES string of the molecule is C[C@H](NC(=O)OC(C)(C)C)c1nnc(SCc2ccc(Br)cc2)o1. The van der Waals surface area contributed by atoms with E-state index in [-0.39, 0.29) is 0 Å². The van der Waals surface area contributed by atoms with Crippen LogP contribution in [0.15, 0.2) is 38.4 Å². The van der Waals surface area contributed by atoms with E-state index in [2.05, 4.69) is 31.4 Å². The van der Waals surface area contributed by atoms with Crippen molar-refractivity contribution in [1.29, 1.82) is 0 Å². The largest absolute Gasteiger partial charge is 0.444 e. The van der Waals surface area contributed by atoms with Crippen LogP contribution in [0.3, 0.4) is 0 Å². The van der Waals surface area contributed by atoms with Crippen LogP contribution in [-0.4, -0.2) is 21.9 Å². The van der Waals surface area contributed by atoms with Crippen molar-refractivity contribution in [1.82, 2.24) is 15.5 Å². The highest BCUT2D eigenvalue weighted by molar-refractivity contribution is 9.10. The molecule has 1 aromatic carbocycles. The molecule has 1 atom stereocenters. The average Bonchev–Trinajstić information content (AvgIpc) is 2.93. The average molecular weight is 414 g/mol. The maximum atomic E-state index is 11.8. The first-order valence-corrected chi connectivity index (χ1v) is 9.21. The van der Waals surface area contributed by atoms with E-state index in [4.69, 9.17) is 9.15 Å². The summed E-state index contributed by atoms with van der Waals surface area (Å²) in [5.41, 5.74) is 0.604. The summed E-state index contributed by atoms with van der Waals surface area (Å²) in [5, 5.41) is 11.1. The van der Waals surface area contributed by atoms with Crippen LogP contribution in [0.2, 0.25) is 0 Å². The second-order valence-corrected chi connectivity index (χ2v) is 8.03. The van der Waals surface area contributed by atoms with E-state index in [1.54, 1.807) is 27.7 Å². The predicted octanol–water partition coefficient (Wildman–Crippen LogP) is 4.71. The molecule has 0 fully saturated rings. The molecule has 0 aliphatic heterocycles. The van der Waals surface area contributed by atoms with Crippen LogP contribution in [0.1, 0.15) is 45.2 Å². The zero-order chi connectivity index (χ0) is 17.7. The number of nitrogens with one attached hydrogen (secondary N) is 1. The first kappa shape index (κ1) is 18.8. The Balaban J connectivity index is 1.87. The molecule has 6 nitrogen and oxygen atoms in total. The third kappa shape index (κ3) is 6.16. The second-order valence-electron chi connectivity index (χ2n) is 6.19. The third-order valence-electron chi connectivity index (χ3n) is 2.80. The molecular formula is C16H20BrN3O3S. The van der Waals surface area contributed by atoms with E-state index in [0.717, 1.165) is 15.8 Å². The van der Waals surface area contributed by atoms with Crippen molar-refractivity contribution >= 4 is 33.8 Å². The summed E-state index contributed by atoms with van der Waals surface area (Å²) in [7, 11) is 0. The second kappa shape index (κ2) is 8.02. The van der Waals surface area contributed by atoms with Gasteiger partial charge in [0.05, 0.1) is 0 Å². The molecular weight excluding hydrogens is 394 g/mol. The smallest absolute Gasteiger partial charge is 0.408 e. The molecule has 1 N–H and O–H groups in total. The Morgan fingerprint density at radius 2 is 2.00 bits per heavy atom. The molecule has 0 saturated heterocycles. The topological polar surface area (TPSA) is 77.2 Å². The number of benzene rings is 1. The standard InChI is InChI=1S/C16H20BrN3O3S/c1-10(18-14(21)23-16(2,3)4)13-19-20-15(22-13)24-9-11-5-7-12(17)8-6-11/h5-8,10H,9H2,1-4H3,(H,18,21)/t10-/m0/s1. The lowest BCUT2D eigenvalue weighted by molar-refractivity contribution is 0.0500. The van der Waals surface area contributed by atoms with Gasteiger partial charge < -0.3 is 14.5 Å². The van der Waals surface area contributed by atoms with Gasteiger partial charge in [0.2, 0.25) is 5.89 Å².